The molecule has 2 aliphatic rings. The number of benzene rings is 1. The van der Waals surface area contributed by atoms with Gasteiger partial charge in [-0.3, -0.25) is 4.79 Å². The smallest absolute Gasteiger partial charge is 0.314 e. The summed E-state index contributed by atoms with van der Waals surface area (Å²) in [4.78, 5) is 11.8. The number of halogens is 1. The number of rotatable bonds is 3. The molecule has 1 aromatic carbocycles. The number of carbonyl (C=O) groups is 1. The lowest BCUT2D eigenvalue weighted by molar-refractivity contribution is -0.147. The van der Waals surface area contributed by atoms with Crippen LogP contribution in [0.5, 0.6) is 5.75 Å². The zero-order valence-electron chi connectivity index (χ0n) is 11.7. The number of carboxylic acid groups (broad SMARTS) is 1. The maximum atomic E-state index is 11.8. The predicted octanol–water partition coefficient (Wildman–Crippen LogP) is 3.73. The van der Waals surface area contributed by atoms with Crippen LogP contribution in [-0.2, 0) is 23.1 Å². The first kappa shape index (κ1) is 13.7. The fraction of sp³-hybridized carbons (Fsp3) is 0.562. The molecular formula is C16H19ClO3. The third kappa shape index (κ3) is 1.83. The Hall–Kier alpha value is -1.22. The van der Waals surface area contributed by atoms with Gasteiger partial charge in [0.05, 0.1) is 17.5 Å². The van der Waals surface area contributed by atoms with E-state index in [1.807, 2.05) is 6.07 Å². The van der Waals surface area contributed by atoms with E-state index in [0.717, 1.165) is 43.2 Å². The van der Waals surface area contributed by atoms with Crippen LogP contribution in [0.1, 0.15) is 48.8 Å². The van der Waals surface area contributed by atoms with Gasteiger partial charge in [-0.1, -0.05) is 24.1 Å². The van der Waals surface area contributed by atoms with Crippen molar-refractivity contribution in [2.75, 3.05) is 7.11 Å². The third-order valence-corrected chi connectivity index (χ3v) is 5.27. The van der Waals surface area contributed by atoms with Crippen molar-refractivity contribution in [3.8, 4) is 5.75 Å². The summed E-state index contributed by atoms with van der Waals surface area (Å²) in [7, 11) is 1.58. The molecule has 20 heavy (non-hydrogen) atoms. The van der Waals surface area contributed by atoms with E-state index < -0.39 is 11.4 Å². The van der Waals surface area contributed by atoms with Crippen LogP contribution in [0.4, 0.5) is 0 Å². The quantitative estimate of drug-likeness (QED) is 0.924. The van der Waals surface area contributed by atoms with Gasteiger partial charge in [-0.05, 0) is 49.7 Å². The predicted molar refractivity (Wildman–Crippen MR) is 77.8 cm³/mol. The van der Waals surface area contributed by atoms with Gasteiger partial charge in [-0.2, -0.15) is 0 Å². The second kappa shape index (κ2) is 4.96. The molecular weight excluding hydrogens is 276 g/mol. The Morgan fingerprint density at radius 3 is 2.55 bits per heavy atom. The third-order valence-electron chi connectivity index (χ3n) is 4.87. The maximum Gasteiger partial charge on any atom is 0.314 e. The first-order valence-corrected chi connectivity index (χ1v) is 7.60. The molecule has 3 nitrogen and oxygen atoms in total. The standard InChI is InChI=1S/C16H19ClO3/c1-20-14-12(16(15(18)19)7-4-8-16)9-10-5-2-3-6-11(10)13(14)17/h9H,2-8H2,1H3,(H,18,19). The molecule has 1 aromatic rings. The molecule has 0 amide bonds. The van der Waals surface area contributed by atoms with Crippen molar-refractivity contribution in [3.63, 3.8) is 0 Å². The molecule has 1 N–H and O–H groups in total. The van der Waals surface area contributed by atoms with Crippen molar-refractivity contribution in [2.24, 2.45) is 0 Å². The summed E-state index contributed by atoms with van der Waals surface area (Å²) in [5.41, 5.74) is 2.36. The molecule has 0 saturated heterocycles. The molecule has 0 bridgehead atoms. The van der Waals surface area contributed by atoms with Crippen molar-refractivity contribution in [1.29, 1.82) is 0 Å². The normalized spacial score (nSPS) is 19.9. The second-order valence-electron chi connectivity index (χ2n) is 5.86. The molecule has 4 heteroatoms. The first-order valence-electron chi connectivity index (χ1n) is 7.22. The van der Waals surface area contributed by atoms with E-state index in [2.05, 4.69) is 0 Å². The molecule has 3 rings (SSSR count). The highest BCUT2D eigenvalue weighted by Gasteiger charge is 2.48. The van der Waals surface area contributed by atoms with Gasteiger partial charge in [0.25, 0.3) is 0 Å². The van der Waals surface area contributed by atoms with Crippen LogP contribution in [-0.4, -0.2) is 18.2 Å². The number of fused-ring (bicyclic) bond motifs is 1. The fourth-order valence-corrected chi connectivity index (χ4v) is 3.91. The number of carboxylic acids is 1. The molecule has 0 atom stereocenters. The van der Waals surface area contributed by atoms with Crippen molar-refractivity contribution < 1.29 is 14.6 Å². The Morgan fingerprint density at radius 2 is 2.00 bits per heavy atom. The van der Waals surface area contributed by atoms with Gasteiger partial charge in [0.2, 0.25) is 0 Å². The van der Waals surface area contributed by atoms with E-state index >= 15 is 0 Å². The SMILES string of the molecule is COc1c(C2(C(=O)O)CCC2)cc2c(c1Cl)CCCC2. The minimum Gasteiger partial charge on any atom is -0.495 e. The molecule has 0 aliphatic heterocycles. The van der Waals surface area contributed by atoms with Crippen LogP contribution in [0.2, 0.25) is 5.02 Å². The number of methoxy groups -OCH3 is 1. The summed E-state index contributed by atoms with van der Waals surface area (Å²) in [6.07, 6.45) is 6.53. The molecule has 1 saturated carbocycles. The van der Waals surface area contributed by atoms with Gasteiger partial charge in [-0.15, -0.1) is 0 Å². The molecule has 1 fully saturated rings. The Morgan fingerprint density at radius 1 is 1.30 bits per heavy atom. The largest absolute Gasteiger partial charge is 0.495 e. The van der Waals surface area contributed by atoms with Gasteiger partial charge in [0, 0.05) is 5.56 Å². The number of aryl methyl sites for hydroxylation is 1. The highest BCUT2D eigenvalue weighted by Crippen LogP contribution is 2.51. The molecule has 108 valence electrons. The molecule has 0 radical (unpaired) electrons. The fourth-order valence-electron chi connectivity index (χ4n) is 3.52. The first-order chi connectivity index (χ1) is 9.60. The summed E-state index contributed by atoms with van der Waals surface area (Å²) in [6, 6.07) is 2.05. The minimum absolute atomic E-state index is 0.578. The van der Waals surface area contributed by atoms with Crippen LogP contribution in [0.25, 0.3) is 0 Å². The maximum absolute atomic E-state index is 11.8. The van der Waals surface area contributed by atoms with Crippen LogP contribution in [0.3, 0.4) is 0 Å². The molecule has 0 unspecified atom stereocenters. The van der Waals surface area contributed by atoms with E-state index in [9.17, 15) is 9.90 Å². The monoisotopic (exact) mass is 294 g/mol. The number of ether oxygens (including phenoxy) is 1. The van der Waals surface area contributed by atoms with E-state index in [0.29, 0.717) is 23.6 Å². The lowest BCUT2D eigenvalue weighted by Gasteiger charge is -2.40. The topological polar surface area (TPSA) is 46.5 Å². The molecule has 0 heterocycles. The van der Waals surface area contributed by atoms with Crippen molar-refractivity contribution in [3.05, 3.63) is 27.8 Å². The van der Waals surface area contributed by atoms with Gasteiger partial charge in [0.1, 0.15) is 5.75 Å². The Labute approximate surface area is 123 Å². The van der Waals surface area contributed by atoms with E-state index in [-0.39, 0.29) is 0 Å². The highest BCUT2D eigenvalue weighted by atomic mass is 35.5. The van der Waals surface area contributed by atoms with Gasteiger partial charge < -0.3 is 9.84 Å². The average molecular weight is 295 g/mol. The molecule has 0 spiro atoms. The number of hydrogen-bond donors (Lipinski definition) is 1. The zero-order chi connectivity index (χ0) is 14.3. The van der Waals surface area contributed by atoms with E-state index in [4.69, 9.17) is 16.3 Å². The Bertz CT molecular complexity index is 561. The summed E-state index contributed by atoms with van der Waals surface area (Å²) in [6.45, 7) is 0. The summed E-state index contributed by atoms with van der Waals surface area (Å²) < 4.78 is 5.48. The summed E-state index contributed by atoms with van der Waals surface area (Å²) >= 11 is 6.51. The second-order valence-corrected chi connectivity index (χ2v) is 6.23. The van der Waals surface area contributed by atoms with Crippen LogP contribution < -0.4 is 4.74 Å². The minimum atomic E-state index is -0.790. The van der Waals surface area contributed by atoms with Crippen molar-refractivity contribution in [1.82, 2.24) is 0 Å². The van der Waals surface area contributed by atoms with E-state index in [1.165, 1.54) is 5.56 Å². The number of aliphatic carboxylic acids is 1. The summed E-state index contributed by atoms with van der Waals surface area (Å²) in [5, 5.41) is 10.3. The lowest BCUT2D eigenvalue weighted by atomic mass is 9.63. The van der Waals surface area contributed by atoms with Gasteiger partial charge in [-0.25, -0.2) is 0 Å². The van der Waals surface area contributed by atoms with Crippen LogP contribution in [0.15, 0.2) is 6.07 Å². The van der Waals surface area contributed by atoms with Crippen molar-refractivity contribution >= 4 is 17.6 Å². The zero-order valence-corrected chi connectivity index (χ0v) is 12.4. The average Bonchev–Trinajstić information content (AvgIpc) is 2.37. The molecule has 2 aliphatic carbocycles. The van der Waals surface area contributed by atoms with Gasteiger partial charge >= 0.3 is 5.97 Å². The van der Waals surface area contributed by atoms with E-state index in [1.54, 1.807) is 7.11 Å². The summed E-state index contributed by atoms with van der Waals surface area (Å²) in [5.74, 6) is -0.178. The van der Waals surface area contributed by atoms with Crippen molar-refractivity contribution in [2.45, 2.75) is 50.4 Å². The van der Waals surface area contributed by atoms with Crippen LogP contribution >= 0.6 is 11.6 Å². The van der Waals surface area contributed by atoms with Gasteiger partial charge in [0.15, 0.2) is 0 Å². The number of hydrogen-bond acceptors (Lipinski definition) is 2. The Balaban J connectivity index is 2.20. The molecule has 0 aromatic heterocycles. The Kier molecular flexibility index (Phi) is 3.41. The van der Waals surface area contributed by atoms with Crippen LogP contribution in [0, 0.1) is 0 Å². The lowest BCUT2D eigenvalue weighted by Crippen LogP contribution is -2.42. The highest BCUT2D eigenvalue weighted by molar-refractivity contribution is 6.33.